The second kappa shape index (κ2) is 8.54. The van der Waals surface area contributed by atoms with E-state index in [4.69, 9.17) is 5.11 Å². The van der Waals surface area contributed by atoms with Gasteiger partial charge in [0, 0.05) is 18.5 Å². The molecule has 0 aliphatic heterocycles. The zero-order valence-corrected chi connectivity index (χ0v) is 16.5. The SMILES string of the molecule is CC(CNC(=O)O)CC(C)(C)C(=O)NCC(C)(C)CC(C)(C)C(=O)O. The van der Waals surface area contributed by atoms with Gasteiger partial charge in [0.15, 0.2) is 0 Å². The molecule has 0 aromatic heterocycles. The molecule has 0 saturated carbocycles. The fraction of sp³-hybridized carbons (Fsp3) is 0.833. The number of carboxylic acids is 1. The molecule has 0 aliphatic rings. The number of aliphatic carboxylic acids is 1. The van der Waals surface area contributed by atoms with Crippen molar-refractivity contribution in [1.82, 2.24) is 10.6 Å². The van der Waals surface area contributed by atoms with E-state index in [1.165, 1.54) is 0 Å². The highest BCUT2D eigenvalue weighted by Gasteiger charge is 2.36. The first-order valence-corrected chi connectivity index (χ1v) is 8.57. The van der Waals surface area contributed by atoms with Crippen LogP contribution in [0, 0.1) is 22.2 Å². The Morgan fingerprint density at radius 2 is 1.44 bits per heavy atom. The third kappa shape index (κ3) is 8.74. The van der Waals surface area contributed by atoms with E-state index in [0.29, 0.717) is 25.9 Å². The summed E-state index contributed by atoms with van der Waals surface area (Å²) in [5, 5.41) is 23.2. The topological polar surface area (TPSA) is 116 Å². The van der Waals surface area contributed by atoms with Gasteiger partial charge in [-0.2, -0.15) is 0 Å². The summed E-state index contributed by atoms with van der Waals surface area (Å²) in [6.07, 6.45) is -0.0910. The summed E-state index contributed by atoms with van der Waals surface area (Å²) in [5.41, 5.74) is -1.86. The van der Waals surface area contributed by atoms with Crippen LogP contribution in [-0.2, 0) is 9.59 Å². The van der Waals surface area contributed by atoms with Crippen LogP contribution in [0.5, 0.6) is 0 Å². The monoisotopic (exact) mass is 358 g/mol. The molecule has 0 saturated heterocycles. The molecule has 25 heavy (non-hydrogen) atoms. The van der Waals surface area contributed by atoms with Gasteiger partial charge < -0.3 is 20.8 Å². The smallest absolute Gasteiger partial charge is 0.404 e. The lowest BCUT2D eigenvalue weighted by Gasteiger charge is -2.34. The van der Waals surface area contributed by atoms with Crippen LogP contribution in [-0.4, -0.2) is 41.3 Å². The van der Waals surface area contributed by atoms with E-state index in [-0.39, 0.29) is 17.2 Å². The molecule has 0 heterocycles. The summed E-state index contributed by atoms with van der Waals surface area (Å²) in [7, 11) is 0. The number of nitrogens with one attached hydrogen (secondary N) is 2. The van der Waals surface area contributed by atoms with Crippen molar-refractivity contribution in [3.05, 3.63) is 0 Å². The molecular formula is C18H34N2O5. The van der Waals surface area contributed by atoms with E-state index >= 15 is 0 Å². The molecule has 1 unspecified atom stereocenters. The molecule has 0 radical (unpaired) electrons. The van der Waals surface area contributed by atoms with Gasteiger partial charge in [0.05, 0.1) is 5.41 Å². The summed E-state index contributed by atoms with van der Waals surface area (Å²) in [4.78, 5) is 34.4. The molecule has 7 heteroatoms. The second-order valence-electron chi connectivity index (χ2n) is 9.09. The number of amides is 2. The van der Waals surface area contributed by atoms with Gasteiger partial charge in [0.1, 0.15) is 0 Å². The Labute approximate surface area is 150 Å². The Bertz CT molecular complexity index is 498. The number of carbonyl (C=O) groups is 3. The van der Waals surface area contributed by atoms with Gasteiger partial charge in [-0.1, -0.05) is 34.6 Å². The minimum absolute atomic E-state index is 0.0239. The molecule has 0 rings (SSSR count). The van der Waals surface area contributed by atoms with E-state index < -0.39 is 22.9 Å². The Morgan fingerprint density at radius 3 is 1.88 bits per heavy atom. The summed E-state index contributed by atoms with van der Waals surface area (Å²) in [6.45, 7) is 13.5. The Morgan fingerprint density at radius 1 is 0.920 bits per heavy atom. The summed E-state index contributed by atoms with van der Waals surface area (Å²) in [5.74, 6) is -0.946. The molecule has 0 aromatic carbocycles. The molecule has 4 N–H and O–H groups in total. The van der Waals surface area contributed by atoms with Gasteiger partial charge in [-0.25, -0.2) is 4.79 Å². The standard InChI is InChI=1S/C18H34N2O5/c1-12(9-19-15(24)25)8-17(4,5)13(21)20-11-16(2,3)10-18(6,7)14(22)23/h12,19H,8-11H2,1-7H3,(H,20,21)(H,22,23)(H,24,25). The third-order valence-electron chi connectivity index (χ3n) is 4.30. The molecule has 2 amide bonds. The minimum Gasteiger partial charge on any atom is -0.481 e. The summed E-state index contributed by atoms with van der Waals surface area (Å²) in [6, 6.07) is 0. The van der Waals surface area contributed by atoms with Crippen LogP contribution < -0.4 is 10.6 Å². The van der Waals surface area contributed by atoms with Crippen LogP contribution in [0.3, 0.4) is 0 Å². The van der Waals surface area contributed by atoms with Crippen LogP contribution in [0.1, 0.15) is 61.3 Å². The van der Waals surface area contributed by atoms with Gasteiger partial charge >= 0.3 is 12.1 Å². The maximum atomic E-state index is 12.5. The molecule has 0 spiro atoms. The molecule has 0 fully saturated rings. The molecule has 0 bridgehead atoms. The number of hydrogen-bond donors (Lipinski definition) is 4. The molecule has 0 aliphatic carbocycles. The first kappa shape index (κ1) is 23.2. The predicted molar refractivity (Wildman–Crippen MR) is 96.4 cm³/mol. The fourth-order valence-electron chi connectivity index (χ4n) is 3.19. The van der Waals surface area contributed by atoms with E-state index in [2.05, 4.69) is 10.6 Å². The van der Waals surface area contributed by atoms with Crippen molar-refractivity contribution < 1.29 is 24.6 Å². The van der Waals surface area contributed by atoms with Crippen LogP contribution in [0.15, 0.2) is 0 Å². The van der Waals surface area contributed by atoms with Crippen molar-refractivity contribution in [3.8, 4) is 0 Å². The maximum Gasteiger partial charge on any atom is 0.404 e. The van der Waals surface area contributed by atoms with Crippen LogP contribution in [0.2, 0.25) is 0 Å². The predicted octanol–water partition coefficient (Wildman–Crippen LogP) is 2.95. The van der Waals surface area contributed by atoms with Gasteiger partial charge in [0.2, 0.25) is 5.91 Å². The average Bonchev–Trinajstić information content (AvgIpc) is 2.40. The normalized spacial score (nSPS) is 13.9. The first-order valence-electron chi connectivity index (χ1n) is 8.57. The molecule has 0 aromatic rings. The first-order chi connectivity index (χ1) is 11.1. The third-order valence-corrected chi connectivity index (χ3v) is 4.30. The van der Waals surface area contributed by atoms with E-state index in [0.717, 1.165) is 0 Å². The van der Waals surface area contributed by atoms with Crippen LogP contribution in [0.4, 0.5) is 4.79 Å². The lowest BCUT2D eigenvalue weighted by molar-refractivity contribution is -0.148. The van der Waals surface area contributed by atoms with Gasteiger partial charge in [-0.15, -0.1) is 0 Å². The number of hydrogen-bond acceptors (Lipinski definition) is 3. The van der Waals surface area contributed by atoms with E-state index in [1.807, 2.05) is 34.6 Å². The quantitative estimate of drug-likeness (QED) is 0.479. The Balaban J connectivity index is 4.64. The van der Waals surface area contributed by atoms with Crippen molar-refractivity contribution in [2.24, 2.45) is 22.2 Å². The van der Waals surface area contributed by atoms with Gasteiger partial charge in [-0.3, -0.25) is 9.59 Å². The largest absolute Gasteiger partial charge is 0.481 e. The number of carboxylic acid groups (broad SMARTS) is 2. The number of carbonyl (C=O) groups excluding carboxylic acids is 1. The highest BCUT2D eigenvalue weighted by atomic mass is 16.4. The van der Waals surface area contributed by atoms with Crippen molar-refractivity contribution in [1.29, 1.82) is 0 Å². The molecule has 7 nitrogen and oxygen atoms in total. The fourth-order valence-corrected chi connectivity index (χ4v) is 3.19. The van der Waals surface area contributed by atoms with E-state index in [9.17, 15) is 19.5 Å². The lowest BCUT2D eigenvalue weighted by atomic mass is 9.74. The average molecular weight is 358 g/mol. The van der Waals surface area contributed by atoms with Crippen LogP contribution in [0.25, 0.3) is 0 Å². The number of rotatable bonds is 10. The van der Waals surface area contributed by atoms with Crippen molar-refractivity contribution in [3.63, 3.8) is 0 Å². The highest BCUT2D eigenvalue weighted by Crippen LogP contribution is 2.34. The van der Waals surface area contributed by atoms with Gasteiger partial charge in [0.25, 0.3) is 0 Å². The molecule has 146 valence electrons. The maximum absolute atomic E-state index is 12.5. The van der Waals surface area contributed by atoms with Gasteiger partial charge in [-0.05, 0) is 38.0 Å². The molecular weight excluding hydrogens is 324 g/mol. The Hall–Kier alpha value is -1.79. The van der Waals surface area contributed by atoms with Crippen molar-refractivity contribution >= 4 is 18.0 Å². The summed E-state index contributed by atoms with van der Waals surface area (Å²) >= 11 is 0. The molecule has 1 atom stereocenters. The van der Waals surface area contributed by atoms with E-state index in [1.54, 1.807) is 13.8 Å². The Kier molecular flexibility index (Phi) is 7.93. The van der Waals surface area contributed by atoms with Crippen molar-refractivity contribution in [2.75, 3.05) is 13.1 Å². The zero-order chi connectivity index (χ0) is 20.1. The summed E-state index contributed by atoms with van der Waals surface area (Å²) < 4.78 is 0. The zero-order valence-electron chi connectivity index (χ0n) is 16.5. The lowest BCUT2D eigenvalue weighted by Crippen LogP contribution is -2.44. The highest BCUT2D eigenvalue weighted by molar-refractivity contribution is 5.81. The van der Waals surface area contributed by atoms with Crippen LogP contribution >= 0.6 is 0 Å². The van der Waals surface area contributed by atoms with Crippen molar-refractivity contribution in [2.45, 2.75) is 61.3 Å². The second-order valence-corrected chi connectivity index (χ2v) is 9.09. The minimum atomic E-state index is -1.07.